The van der Waals surface area contributed by atoms with Crippen molar-refractivity contribution in [3.63, 3.8) is 0 Å². The van der Waals surface area contributed by atoms with E-state index in [-0.39, 0.29) is 11.9 Å². The van der Waals surface area contributed by atoms with Crippen LogP contribution in [-0.2, 0) is 0 Å². The van der Waals surface area contributed by atoms with E-state index in [1.807, 2.05) is 0 Å². The molecule has 0 bridgehead atoms. The topological polar surface area (TPSA) is 0 Å². The van der Waals surface area contributed by atoms with Crippen LogP contribution in [0.3, 0.4) is 0 Å². The van der Waals surface area contributed by atoms with Crippen LogP contribution in [0, 0.1) is 0 Å². The molecule has 0 unspecified atom stereocenters. The second-order valence-electron chi connectivity index (χ2n) is 0.154. The second kappa shape index (κ2) is 14.2. The molecule has 24 valence electrons. The maximum Gasteiger partial charge on any atom is -0.269 e. The zero-order chi connectivity index (χ0) is 2.71. The summed E-state index contributed by atoms with van der Waals surface area (Å²) in [4.78, 5) is 0. The molecule has 0 amide bonds. The molecule has 0 aromatic carbocycles. The summed E-state index contributed by atoms with van der Waals surface area (Å²) in [5, 5.41) is 0. The first kappa shape index (κ1) is 9.20. The number of hydrogen-bond acceptors (Lipinski definition) is 0. The fraction of sp³-hybridized carbons (Fsp3) is 0. The molecule has 0 aliphatic heterocycles. The van der Waals surface area contributed by atoms with E-state index >= 15 is 0 Å². The van der Waals surface area contributed by atoms with Crippen molar-refractivity contribution < 1.29 is 9.02 Å². The van der Waals surface area contributed by atoms with E-state index in [0.717, 1.165) is 0 Å². The van der Waals surface area contributed by atoms with E-state index in [0.29, 0.717) is 0 Å². The van der Waals surface area contributed by atoms with Gasteiger partial charge in [-0.2, -0.15) is 0 Å². The molecule has 0 heterocycles. The molecule has 0 saturated carbocycles. The van der Waals surface area contributed by atoms with Crippen molar-refractivity contribution in [2.45, 2.75) is 0 Å². The van der Waals surface area contributed by atoms with Crippen molar-refractivity contribution in [1.29, 1.82) is 0 Å². The van der Waals surface area contributed by atoms with Crippen molar-refractivity contribution in [2.24, 2.45) is 0 Å². The van der Waals surface area contributed by atoms with Gasteiger partial charge in [-0.05, 0) is 0 Å². The predicted octanol–water partition coefficient (Wildman–Crippen LogP) is 0.160. The molecule has 0 nitrogen and oxygen atoms in total. The second-order valence-corrected chi connectivity index (χ2v) is 0.154. The summed E-state index contributed by atoms with van der Waals surface area (Å²) in [5.41, 5.74) is 0. The van der Waals surface area contributed by atoms with Crippen molar-refractivity contribution >= 4 is 13.7 Å². The normalized spacial score (nSPS) is 2.25. The molecule has 0 saturated heterocycles. The maximum atomic E-state index is 10.1. The molecule has 0 aliphatic rings. The Kier molecular flexibility index (Phi) is 32.8. The largest absolute Gasteiger partial charge is 0.269 e. The minimum absolute atomic E-state index is 0. The first-order valence-electron chi connectivity index (χ1n) is 0.626. The van der Waals surface area contributed by atoms with Crippen LogP contribution in [0.1, 0.15) is 0 Å². The van der Waals surface area contributed by atoms with Crippen LogP contribution in [-0.4, -0.2) is 13.7 Å². The summed E-state index contributed by atoms with van der Waals surface area (Å²) < 4.78 is 10.1. The third-order valence-electron chi connectivity index (χ3n) is 0. The van der Waals surface area contributed by atoms with Gasteiger partial charge in [0.2, 0.25) is 0 Å². The fourth-order valence-electron chi connectivity index (χ4n) is 0. The molecule has 0 aliphatic carbocycles. The monoisotopic (exact) mass is 64.0 g/mol. The molecule has 0 atom stereocenters. The molecule has 0 aromatic rings. The standard InChI is InChI=1S/CH2BF.FH/c1-2-3;/h1H2;1H. The van der Waals surface area contributed by atoms with E-state index in [1.165, 1.54) is 0 Å². The zero-order valence-electron chi connectivity index (χ0n) is 2.07. The minimum Gasteiger partial charge on any atom is -0.269 e. The molecule has 0 spiro atoms. The Bertz CT molecular complexity index is 13.5. The van der Waals surface area contributed by atoms with Crippen molar-refractivity contribution in [2.75, 3.05) is 0 Å². The van der Waals surface area contributed by atoms with Crippen LogP contribution in [0.5, 0.6) is 0 Å². The van der Waals surface area contributed by atoms with Gasteiger partial charge in [-0.25, -0.2) is 0 Å². The minimum atomic E-state index is 0. The van der Waals surface area contributed by atoms with Crippen LogP contribution in [0.4, 0.5) is 9.02 Å². The van der Waals surface area contributed by atoms with Gasteiger partial charge in [0.15, 0.2) is 0 Å². The molecular weight excluding hydrogens is 60.8 g/mol. The van der Waals surface area contributed by atoms with Gasteiger partial charge >= 0.3 is 18.0 Å². The van der Waals surface area contributed by atoms with Crippen LogP contribution >= 0.6 is 0 Å². The SMILES string of the molecule is C=BF.F. The summed E-state index contributed by atoms with van der Waals surface area (Å²) in [5.74, 6) is 0. The summed E-state index contributed by atoms with van der Waals surface area (Å²) in [7, 11) is 0.250. The number of rotatable bonds is 0. The van der Waals surface area contributed by atoms with Crippen molar-refractivity contribution in [3.8, 4) is 0 Å². The molecule has 0 aromatic heterocycles. The molecule has 3 heteroatoms. The van der Waals surface area contributed by atoms with E-state index in [4.69, 9.17) is 0 Å². The third kappa shape index (κ3) is 27.0. The summed E-state index contributed by atoms with van der Waals surface area (Å²) in [6.07, 6.45) is 0. The smallest absolute Gasteiger partial charge is 0.269 e. The summed E-state index contributed by atoms with van der Waals surface area (Å²) in [6, 6.07) is 0. The van der Waals surface area contributed by atoms with Gasteiger partial charge in [-0.15, -0.1) is 0 Å². The van der Waals surface area contributed by atoms with Gasteiger partial charge < -0.3 is 0 Å². The van der Waals surface area contributed by atoms with Gasteiger partial charge in [0.1, 0.15) is 0 Å². The summed E-state index contributed by atoms with van der Waals surface area (Å²) in [6.45, 7) is 2.69. The van der Waals surface area contributed by atoms with Crippen LogP contribution in [0.25, 0.3) is 0 Å². The first-order valence-corrected chi connectivity index (χ1v) is 0.626. The van der Waals surface area contributed by atoms with E-state index < -0.39 is 0 Å². The van der Waals surface area contributed by atoms with Gasteiger partial charge in [0, 0.05) is 0 Å². The molecule has 0 radical (unpaired) electrons. The van der Waals surface area contributed by atoms with E-state index in [2.05, 4.69) is 6.47 Å². The zero-order valence-corrected chi connectivity index (χ0v) is 2.07. The van der Waals surface area contributed by atoms with E-state index in [9.17, 15) is 4.32 Å². The molecule has 0 N–H and O–H groups in total. The van der Waals surface area contributed by atoms with Gasteiger partial charge in [-0.3, -0.25) is 4.70 Å². The Labute approximate surface area is 24.0 Å². The average molecular weight is 63.8 g/mol. The molecular formula is CH3BF2. The average Bonchev–Trinajstić information content (AvgIpc) is 0.918. The van der Waals surface area contributed by atoms with Crippen LogP contribution < -0.4 is 0 Å². The predicted molar refractivity (Wildman–Crippen MR) is 16.5 cm³/mol. The number of hydrogen-bond donors (Lipinski definition) is 0. The fourth-order valence-corrected chi connectivity index (χ4v) is 0. The van der Waals surface area contributed by atoms with Crippen LogP contribution in [0.15, 0.2) is 0 Å². The van der Waals surface area contributed by atoms with Crippen molar-refractivity contribution in [1.82, 2.24) is 0 Å². The molecule has 0 rings (SSSR count). The Morgan fingerprint density at radius 1 is 1.75 bits per heavy atom. The Morgan fingerprint density at radius 3 is 1.75 bits per heavy atom. The Morgan fingerprint density at radius 2 is 1.75 bits per heavy atom. The third-order valence-corrected chi connectivity index (χ3v) is 0. The maximum absolute atomic E-state index is 10.1. The first-order chi connectivity index (χ1) is 1.41. The number of halogens is 2. The quantitative estimate of drug-likeness (QED) is 0.352. The van der Waals surface area contributed by atoms with Gasteiger partial charge in [0.25, 0.3) is 0 Å². The molecule has 4 heavy (non-hydrogen) atoms. The van der Waals surface area contributed by atoms with Crippen LogP contribution in [0.2, 0.25) is 0 Å². The Balaban J connectivity index is 0. The van der Waals surface area contributed by atoms with Gasteiger partial charge in [-0.1, -0.05) is 0 Å². The Hall–Kier alpha value is -0.205. The molecule has 0 fully saturated rings. The van der Waals surface area contributed by atoms with E-state index in [1.54, 1.807) is 0 Å². The van der Waals surface area contributed by atoms with Gasteiger partial charge in [0.05, 0.1) is 0 Å². The van der Waals surface area contributed by atoms with Crippen molar-refractivity contribution in [3.05, 3.63) is 0 Å². The summed E-state index contributed by atoms with van der Waals surface area (Å²) >= 11 is 0.